The molecular formula is C13H17N3O3S. The van der Waals surface area contributed by atoms with E-state index in [1.807, 2.05) is 0 Å². The Bertz CT molecular complexity index is 502. The molecule has 1 aromatic carbocycles. The van der Waals surface area contributed by atoms with Gasteiger partial charge in [-0.15, -0.1) is 0 Å². The standard InChI is InChI=1S/C13H17N3O3S/c1-8(6-11(14)17)16-12(18)7-19-10-4-2-9(3-5-10)13(15)20/h2-5,8H,6-7H2,1H3,(H2,14,17)(H2,15,20)(H,16,18). The summed E-state index contributed by atoms with van der Waals surface area (Å²) in [6.07, 6.45) is 0.0916. The third-order valence-electron chi connectivity index (χ3n) is 2.42. The van der Waals surface area contributed by atoms with Crippen LogP contribution in [0, 0.1) is 0 Å². The van der Waals surface area contributed by atoms with Crippen LogP contribution in [0.25, 0.3) is 0 Å². The average Bonchev–Trinajstić information content (AvgIpc) is 2.35. The van der Waals surface area contributed by atoms with Crippen LogP contribution in [0.1, 0.15) is 18.9 Å². The molecule has 2 amide bonds. The Morgan fingerprint density at radius 1 is 1.30 bits per heavy atom. The number of nitrogens with one attached hydrogen (secondary N) is 1. The molecule has 0 saturated carbocycles. The molecule has 1 atom stereocenters. The van der Waals surface area contributed by atoms with E-state index in [2.05, 4.69) is 5.32 Å². The number of rotatable bonds is 7. The number of carbonyl (C=O) groups excluding carboxylic acids is 2. The summed E-state index contributed by atoms with van der Waals surface area (Å²) in [5, 5.41) is 2.61. The second-order valence-electron chi connectivity index (χ2n) is 4.32. The van der Waals surface area contributed by atoms with Gasteiger partial charge in [0.15, 0.2) is 6.61 Å². The number of primary amides is 1. The van der Waals surface area contributed by atoms with Gasteiger partial charge in [0.1, 0.15) is 10.7 Å². The Morgan fingerprint density at radius 2 is 1.90 bits per heavy atom. The Labute approximate surface area is 122 Å². The maximum Gasteiger partial charge on any atom is 0.258 e. The van der Waals surface area contributed by atoms with Crippen LogP contribution < -0.4 is 21.5 Å². The molecule has 0 aliphatic heterocycles. The highest BCUT2D eigenvalue weighted by atomic mass is 32.1. The summed E-state index contributed by atoms with van der Waals surface area (Å²) < 4.78 is 5.30. The van der Waals surface area contributed by atoms with Crippen molar-refractivity contribution >= 4 is 29.0 Å². The van der Waals surface area contributed by atoms with Crippen LogP contribution in [0.15, 0.2) is 24.3 Å². The van der Waals surface area contributed by atoms with Crippen molar-refractivity contribution in [2.45, 2.75) is 19.4 Å². The van der Waals surface area contributed by atoms with E-state index in [1.54, 1.807) is 31.2 Å². The van der Waals surface area contributed by atoms with Gasteiger partial charge < -0.3 is 21.5 Å². The Morgan fingerprint density at radius 3 is 2.40 bits per heavy atom. The molecular weight excluding hydrogens is 278 g/mol. The second-order valence-corrected chi connectivity index (χ2v) is 4.76. The predicted octanol–water partition coefficient (Wildman–Crippen LogP) is 0.0797. The molecule has 0 spiro atoms. The lowest BCUT2D eigenvalue weighted by Gasteiger charge is -2.12. The molecule has 0 aromatic heterocycles. The van der Waals surface area contributed by atoms with Gasteiger partial charge >= 0.3 is 0 Å². The zero-order chi connectivity index (χ0) is 15.1. The van der Waals surface area contributed by atoms with E-state index in [9.17, 15) is 9.59 Å². The summed E-state index contributed by atoms with van der Waals surface area (Å²) in [6.45, 7) is 1.55. The monoisotopic (exact) mass is 295 g/mol. The molecule has 0 heterocycles. The minimum atomic E-state index is -0.466. The van der Waals surface area contributed by atoms with Gasteiger partial charge in [0.25, 0.3) is 5.91 Å². The summed E-state index contributed by atoms with van der Waals surface area (Å²) in [4.78, 5) is 22.5. The van der Waals surface area contributed by atoms with E-state index >= 15 is 0 Å². The Hall–Kier alpha value is -2.15. The van der Waals surface area contributed by atoms with E-state index < -0.39 is 5.91 Å². The fourth-order valence-corrected chi connectivity index (χ4v) is 1.67. The van der Waals surface area contributed by atoms with Gasteiger partial charge in [-0.25, -0.2) is 0 Å². The first-order valence-electron chi connectivity index (χ1n) is 5.99. The van der Waals surface area contributed by atoms with Crippen LogP contribution in [0.5, 0.6) is 5.75 Å². The largest absolute Gasteiger partial charge is 0.484 e. The van der Waals surface area contributed by atoms with Gasteiger partial charge in [0.05, 0.1) is 0 Å². The summed E-state index contributed by atoms with van der Waals surface area (Å²) in [5.74, 6) is -0.257. The van der Waals surface area contributed by atoms with Crippen LogP contribution in [0.4, 0.5) is 0 Å². The number of hydrogen-bond donors (Lipinski definition) is 3. The van der Waals surface area contributed by atoms with Gasteiger partial charge in [0, 0.05) is 18.0 Å². The minimum absolute atomic E-state index is 0.0916. The molecule has 0 fully saturated rings. The van der Waals surface area contributed by atoms with Gasteiger partial charge in [-0.05, 0) is 31.2 Å². The molecule has 108 valence electrons. The van der Waals surface area contributed by atoms with Crippen LogP contribution in [-0.2, 0) is 9.59 Å². The van der Waals surface area contributed by atoms with Crippen LogP contribution in [0.2, 0.25) is 0 Å². The van der Waals surface area contributed by atoms with E-state index in [1.165, 1.54) is 0 Å². The molecule has 0 radical (unpaired) electrons. The van der Waals surface area contributed by atoms with E-state index in [4.69, 9.17) is 28.4 Å². The molecule has 7 heteroatoms. The van der Waals surface area contributed by atoms with Crippen LogP contribution >= 0.6 is 12.2 Å². The van der Waals surface area contributed by atoms with E-state index in [0.29, 0.717) is 10.7 Å². The van der Waals surface area contributed by atoms with Gasteiger partial charge in [-0.2, -0.15) is 0 Å². The first-order valence-corrected chi connectivity index (χ1v) is 6.39. The number of nitrogens with two attached hydrogens (primary N) is 2. The lowest BCUT2D eigenvalue weighted by Crippen LogP contribution is -2.38. The lowest BCUT2D eigenvalue weighted by molar-refractivity contribution is -0.124. The van der Waals surface area contributed by atoms with Crippen molar-refractivity contribution in [2.75, 3.05) is 6.61 Å². The molecule has 1 unspecified atom stereocenters. The zero-order valence-electron chi connectivity index (χ0n) is 11.1. The number of benzene rings is 1. The summed E-state index contributed by atoms with van der Waals surface area (Å²) in [5.41, 5.74) is 11.2. The molecule has 0 bridgehead atoms. The third kappa shape index (κ3) is 5.66. The van der Waals surface area contributed by atoms with Crippen molar-refractivity contribution in [3.63, 3.8) is 0 Å². The number of carbonyl (C=O) groups is 2. The third-order valence-corrected chi connectivity index (χ3v) is 2.66. The minimum Gasteiger partial charge on any atom is -0.484 e. The van der Waals surface area contributed by atoms with Crippen molar-refractivity contribution in [2.24, 2.45) is 11.5 Å². The van der Waals surface area contributed by atoms with Crippen molar-refractivity contribution in [3.05, 3.63) is 29.8 Å². The fourth-order valence-electron chi connectivity index (χ4n) is 1.53. The lowest BCUT2D eigenvalue weighted by atomic mass is 10.2. The van der Waals surface area contributed by atoms with Gasteiger partial charge in [-0.1, -0.05) is 12.2 Å². The van der Waals surface area contributed by atoms with Crippen LogP contribution in [0.3, 0.4) is 0 Å². The maximum atomic E-state index is 11.6. The van der Waals surface area contributed by atoms with Crippen molar-refractivity contribution in [3.8, 4) is 5.75 Å². The predicted molar refractivity (Wildman–Crippen MR) is 79.2 cm³/mol. The molecule has 0 aliphatic carbocycles. The second kappa shape index (κ2) is 7.44. The molecule has 0 aliphatic rings. The van der Waals surface area contributed by atoms with Crippen molar-refractivity contribution in [1.82, 2.24) is 5.32 Å². The molecule has 1 rings (SSSR count). The first-order chi connectivity index (χ1) is 9.38. The highest BCUT2D eigenvalue weighted by Crippen LogP contribution is 2.11. The number of thiocarbonyl (C=S) groups is 1. The molecule has 0 saturated heterocycles. The fraction of sp³-hybridized carbons (Fsp3) is 0.308. The highest BCUT2D eigenvalue weighted by molar-refractivity contribution is 7.80. The summed E-state index contributed by atoms with van der Waals surface area (Å²) in [7, 11) is 0. The van der Waals surface area contributed by atoms with Gasteiger partial charge in [0.2, 0.25) is 5.91 Å². The highest BCUT2D eigenvalue weighted by Gasteiger charge is 2.10. The van der Waals surface area contributed by atoms with Gasteiger partial charge in [-0.3, -0.25) is 9.59 Å². The van der Waals surface area contributed by atoms with Crippen LogP contribution in [-0.4, -0.2) is 29.5 Å². The number of hydrogen-bond acceptors (Lipinski definition) is 4. The average molecular weight is 295 g/mol. The summed E-state index contributed by atoms with van der Waals surface area (Å²) in [6, 6.07) is 6.46. The Balaban J connectivity index is 2.40. The Kier molecular flexibility index (Phi) is 5.92. The van der Waals surface area contributed by atoms with Crippen molar-refractivity contribution < 1.29 is 14.3 Å². The number of amides is 2. The molecule has 1 aromatic rings. The first kappa shape index (κ1) is 15.9. The van der Waals surface area contributed by atoms with E-state index in [-0.39, 0.29) is 25.0 Å². The van der Waals surface area contributed by atoms with E-state index in [0.717, 1.165) is 5.56 Å². The number of ether oxygens (including phenoxy) is 1. The smallest absolute Gasteiger partial charge is 0.258 e. The van der Waals surface area contributed by atoms with Crippen molar-refractivity contribution in [1.29, 1.82) is 0 Å². The molecule has 20 heavy (non-hydrogen) atoms. The quantitative estimate of drug-likeness (QED) is 0.617. The normalized spacial score (nSPS) is 11.4. The maximum absolute atomic E-state index is 11.6. The molecule has 6 nitrogen and oxygen atoms in total. The summed E-state index contributed by atoms with van der Waals surface area (Å²) >= 11 is 4.83. The SMILES string of the molecule is CC(CC(N)=O)NC(=O)COc1ccc(C(N)=S)cc1. The zero-order valence-corrected chi connectivity index (χ0v) is 11.9. The topological polar surface area (TPSA) is 107 Å². The molecule has 5 N–H and O–H groups in total.